The second kappa shape index (κ2) is 7.64. The average molecular weight is 389 g/mol. The highest BCUT2D eigenvalue weighted by Crippen LogP contribution is 2.29. The maximum Gasteiger partial charge on any atom is 0.253 e. The summed E-state index contributed by atoms with van der Waals surface area (Å²) >= 11 is 0. The Morgan fingerprint density at radius 2 is 2.07 bits per heavy atom. The van der Waals surface area contributed by atoms with Gasteiger partial charge in [-0.15, -0.1) is 0 Å². The quantitative estimate of drug-likeness (QED) is 0.743. The summed E-state index contributed by atoms with van der Waals surface area (Å²) in [6, 6.07) is 14.3. The number of fused-ring (bicyclic) bond motifs is 1. The summed E-state index contributed by atoms with van der Waals surface area (Å²) in [7, 11) is 0. The fourth-order valence-corrected chi connectivity index (χ4v) is 4.97. The molecule has 5 nitrogen and oxygen atoms in total. The van der Waals surface area contributed by atoms with E-state index in [2.05, 4.69) is 51.0 Å². The number of aromatic nitrogens is 2. The zero-order valence-corrected chi connectivity index (χ0v) is 17.0. The predicted octanol–water partition coefficient (Wildman–Crippen LogP) is 3.80. The Balaban J connectivity index is 1.38. The summed E-state index contributed by atoms with van der Waals surface area (Å²) in [4.78, 5) is 19.8. The largest absolute Gasteiger partial charge is 0.338 e. The molecule has 150 valence electrons. The van der Waals surface area contributed by atoms with Crippen molar-refractivity contribution in [3.05, 3.63) is 59.9 Å². The average Bonchev–Trinajstić information content (AvgIpc) is 3.43. The summed E-state index contributed by atoms with van der Waals surface area (Å²) in [6.45, 7) is 6.07. The predicted molar refractivity (Wildman–Crippen MR) is 115 cm³/mol. The van der Waals surface area contributed by atoms with E-state index >= 15 is 0 Å². The Kier molecular flexibility index (Phi) is 4.84. The van der Waals surface area contributed by atoms with Crippen LogP contribution >= 0.6 is 0 Å². The van der Waals surface area contributed by atoms with Gasteiger partial charge in [-0.05, 0) is 87.0 Å². The van der Waals surface area contributed by atoms with Crippen molar-refractivity contribution in [1.29, 1.82) is 0 Å². The smallest absolute Gasteiger partial charge is 0.253 e. The summed E-state index contributed by atoms with van der Waals surface area (Å²) < 4.78 is 2.08. The molecule has 5 heteroatoms. The Labute approximate surface area is 171 Å². The molecule has 2 saturated heterocycles. The molecule has 0 radical (unpaired) electrons. The Hall–Kier alpha value is -2.66. The van der Waals surface area contributed by atoms with Gasteiger partial charge in [0.05, 0.1) is 11.0 Å². The van der Waals surface area contributed by atoms with Crippen LogP contribution < -0.4 is 5.32 Å². The van der Waals surface area contributed by atoms with Gasteiger partial charge in [-0.2, -0.15) is 0 Å². The fourth-order valence-electron chi connectivity index (χ4n) is 4.97. The van der Waals surface area contributed by atoms with Crippen molar-refractivity contribution in [1.82, 2.24) is 19.8 Å². The highest BCUT2D eigenvalue weighted by atomic mass is 16.2. The van der Waals surface area contributed by atoms with Crippen LogP contribution in [0.25, 0.3) is 16.7 Å². The minimum Gasteiger partial charge on any atom is -0.338 e. The van der Waals surface area contributed by atoms with E-state index < -0.39 is 0 Å². The molecule has 1 aromatic heterocycles. The summed E-state index contributed by atoms with van der Waals surface area (Å²) in [6.07, 6.45) is 5.44. The van der Waals surface area contributed by atoms with Gasteiger partial charge in [0.25, 0.3) is 5.91 Å². The third kappa shape index (κ3) is 3.55. The van der Waals surface area contributed by atoms with Crippen molar-refractivity contribution in [2.45, 2.75) is 26.2 Å². The van der Waals surface area contributed by atoms with Crippen molar-refractivity contribution >= 4 is 16.9 Å². The van der Waals surface area contributed by atoms with Crippen LogP contribution in [0.1, 0.15) is 35.2 Å². The molecule has 2 aromatic carbocycles. The maximum atomic E-state index is 13.2. The van der Waals surface area contributed by atoms with Crippen molar-refractivity contribution in [3.8, 4) is 5.69 Å². The molecule has 2 fully saturated rings. The molecule has 0 bridgehead atoms. The van der Waals surface area contributed by atoms with Gasteiger partial charge in [0.15, 0.2) is 0 Å². The number of nitrogens with one attached hydrogen (secondary N) is 1. The van der Waals surface area contributed by atoms with Crippen LogP contribution in [0.15, 0.2) is 48.8 Å². The monoisotopic (exact) mass is 388 g/mol. The molecule has 0 spiro atoms. The number of hydrogen-bond donors (Lipinski definition) is 1. The number of piperidine rings is 1. The number of amides is 1. The number of likely N-dealkylation sites (tertiary alicyclic amines) is 1. The van der Waals surface area contributed by atoms with Crippen LogP contribution in [0.2, 0.25) is 0 Å². The van der Waals surface area contributed by atoms with Gasteiger partial charge in [0.1, 0.15) is 6.33 Å². The first-order valence-electron chi connectivity index (χ1n) is 10.7. The minimum atomic E-state index is 0.146. The first kappa shape index (κ1) is 18.4. The topological polar surface area (TPSA) is 50.2 Å². The number of hydrogen-bond acceptors (Lipinski definition) is 3. The molecule has 29 heavy (non-hydrogen) atoms. The Morgan fingerprint density at radius 1 is 1.14 bits per heavy atom. The van der Waals surface area contributed by atoms with Crippen LogP contribution in [0.5, 0.6) is 0 Å². The van der Waals surface area contributed by atoms with Crippen LogP contribution in [0, 0.1) is 18.8 Å². The van der Waals surface area contributed by atoms with E-state index in [1.54, 1.807) is 0 Å². The number of benzene rings is 2. The van der Waals surface area contributed by atoms with Crippen molar-refractivity contribution in [3.63, 3.8) is 0 Å². The normalized spacial score (nSPS) is 22.3. The van der Waals surface area contributed by atoms with Gasteiger partial charge in [0, 0.05) is 24.3 Å². The maximum absolute atomic E-state index is 13.2. The molecule has 0 aliphatic carbocycles. The van der Waals surface area contributed by atoms with E-state index in [1.165, 1.54) is 18.4 Å². The second-order valence-electron chi connectivity index (χ2n) is 8.56. The number of aryl methyl sites for hydroxylation is 1. The fraction of sp³-hybridized carbons (Fsp3) is 0.417. The molecule has 2 unspecified atom stereocenters. The molecule has 5 rings (SSSR count). The van der Waals surface area contributed by atoms with Gasteiger partial charge in [-0.3, -0.25) is 9.36 Å². The van der Waals surface area contributed by atoms with Gasteiger partial charge in [-0.25, -0.2) is 4.98 Å². The van der Waals surface area contributed by atoms with Crippen LogP contribution in [-0.4, -0.2) is 46.5 Å². The number of nitrogens with zero attached hydrogens (tertiary/aromatic N) is 3. The van der Waals surface area contributed by atoms with Gasteiger partial charge >= 0.3 is 0 Å². The van der Waals surface area contributed by atoms with Gasteiger partial charge < -0.3 is 10.2 Å². The Morgan fingerprint density at radius 3 is 2.90 bits per heavy atom. The van der Waals surface area contributed by atoms with Crippen LogP contribution in [-0.2, 0) is 0 Å². The molecule has 3 heterocycles. The molecule has 3 aromatic rings. The third-order valence-electron chi connectivity index (χ3n) is 6.58. The van der Waals surface area contributed by atoms with E-state index in [0.29, 0.717) is 5.92 Å². The minimum absolute atomic E-state index is 0.146. The third-order valence-corrected chi connectivity index (χ3v) is 6.58. The number of imidazole rings is 1. The summed E-state index contributed by atoms with van der Waals surface area (Å²) in [5.74, 6) is 1.50. The molecule has 1 N–H and O–H groups in total. The molecular weight excluding hydrogens is 360 g/mol. The van der Waals surface area contributed by atoms with Crippen molar-refractivity contribution in [2.24, 2.45) is 11.8 Å². The standard InChI is InChI=1S/C24H28N4O/c1-17-4-2-6-21(12-17)28-16-26-22-13-18(7-8-23(22)28)24(29)27-11-3-5-20(15-27)19-9-10-25-14-19/h2,4,6-8,12-13,16,19-20,25H,3,5,9-11,14-15H2,1H3. The molecule has 2 atom stereocenters. The second-order valence-corrected chi connectivity index (χ2v) is 8.56. The lowest BCUT2D eigenvalue weighted by molar-refractivity contribution is 0.0634. The SMILES string of the molecule is Cc1cccc(-n2cnc3cc(C(=O)N4CCCC(C5CCNC5)C4)ccc32)c1. The number of carbonyl (C=O) groups excluding carboxylic acids is 1. The molecule has 0 saturated carbocycles. The van der Waals surface area contributed by atoms with E-state index in [4.69, 9.17) is 0 Å². The zero-order valence-electron chi connectivity index (χ0n) is 17.0. The highest BCUT2D eigenvalue weighted by Gasteiger charge is 2.31. The highest BCUT2D eigenvalue weighted by molar-refractivity contribution is 5.97. The number of rotatable bonds is 3. The van der Waals surface area contributed by atoms with Gasteiger partial charge in [0.2, 0.25) is 0 Å². The van der Waals surface area contributed by atoms with E-state index in [1.807, 2.05) is 24.5 Å². The van der Waals surface area contributed by atoms with Crippen LogP contribution in [0.3, 0.4) is 0 Å². The first-order chi connectivity index (χ1) is 14.2. The molecule has 1 amide bonds. The van der Waals surface area contributed by atoms with Crippen LogP contribution in [0.4, 0.5) is 0 Å². The van der Waals surface area contributed by atoms with Crippen molar-refractivity contribution in [2.75, 3.05) is 26.2 Å². The lowest BCUT2D eigenvalue weighted by Crippen LogP contribution is -2.42. The Bertz CT molecular complexity index is 1030. The molecule has 2 aliphatic heterocycles. The lowest BCUT2D eigenvalue weighted by atomic mass is 9.84. The molecule has 2 aliphatic rings. The number of carbonyl (C=O) groups is 1. The van der Waals surface area contributed by atoms with E-state index in [9.17, 15) is 4.79 Å². The van der Waals surface area contributed by atoms with Crippen molar-refractivity contribution < 1.29 is 4.79 Å². The summed E-state index contributed by atoms with van der Waals surface area (Å²) in [5.41, 5.74) is 4.95. The van der Waals surface area contributed by atoms with E-state index in [-0.39, 0.29) is 5.91 Å². The van der Waals surface area contributed by atoms with E-state index in [0.717, 1.165) is 60.8 Å². The van der Waals surface area contributed by atoms with Gasteiger partial charge in [-0.1, -0.05) is 12.1 Å². The molecular formula is C24H28N4O. The first-order valence-corrected chi connectivity index (χ1v) is 10.7. The summed E-state index contributed by atoms with van der Waals surface area (Å²) in [5, 5.41) is 3.47. The zero-order chi connectivity index (χ0) is 19.8. The lowest BCUT2D eigenvalue weighted by Gasteiger charge is -2.35.